The average molecular weight is 752 g/mol. The Morgan fingerprint density at radius 1 is 1.19 bits per heavy atom. The minimum Gasteiger partial charge on any atom is -0.488 e. The molecule has 5 atom stereocenters. The Morgan fingerprint density at radius 3 is 2.83 bits per heavy atom. The van der Waals surface area contributed by atoms with Gasteiger partial charge in [-0.3, -0.25) is 4.79 Å². The summed E-state index contributed by atoms with van der Waals surface area (Å²) in [4.78, 5) is 25.5. The largest absolute Gasteiger partial charge is 0.488 e. The second kappa shape index (κ2) is 12.6. The van der Waals surface area contributed by atoms with Gasteiger partial charge >= 0.3 is 0 Å². The highest BCUT2D eigenvalue weighted by Gasteiger charge is 2.51. The van der Waals surface area contributed by atoms with E-state index in [2.05, 4.69) is 27.0 Å². The van der Waals surface area contributed by atoms with Crippen LogP contribution in [0.25, 0.3) is 32.9 Å². The average Bonchev–Trinajstić information content (AvgIpc) is 3.63. The van der Waals surface area contributed by atoms with Gasteiger partial charge < -0.3 is 24.3 Å². The lowest BCUT2D eigenvalue weighted by molar-refractivity contribution is -0.133. The molecule has 270 valence electrons. The molecule has 2 aromatic carbocycles. The van der Waals surface area contributed by atoms with Crippen LogP contribution in [0.2, 0.25) is 10.0 Å². The van der Waals surface area contributed by atoms with Crippen LogP contribution in [-0.2, 0) is 17.6 Å². The number of nitrogens with zero attached hydrogens (tertiary/aromatic N) is 5. The normalized spacial score (nSPS) is 24.4. The number of fused-ring (bicyclic) bond motifs is 5. The number of aryl methyl sites for hydroxylation is 2. The first-order valence-corrected chi connectivity index (χ1v) is 19.3. The Balaban J connectivity index is 1.17. The lowest BCUT2D eigenvalue weighted by Gasteiger charge is -2.39. The number of likely N-dealkylation sites (tertiary alicyclic amines) is 1. The summed E-state index contributed by atoms with van der Waals surface area (Å²) in [6.07, 6.45) is 6.25. The van der Waals surface area contributed by atoms with Gasteiger partial charge in [0.1, 0.15) is 17.4 Å². The maximum Gasteiger partial charge on any atom is 0.226 e. The van der Waals surface area contributed by atoms with Crippen molar-refractivity contribution in [2.75, 3.05) is 19.7 Å². The predicted octanol–water partition coefficient (Wildman–Crippen LogP) is 8.06. The summed E-state index contributed by atoms with van der Waals surface area (Å²) in [5, 5.41) is 15.5. The van der Waals surface area contributed by atoms with Crippen LogP contribution >= 0.6 is 23.2 Å². The number of rotatable bonds is 8. The van der Waals surface area contributed by atoms with Crippen molar-refractivity contribution in [2.24, 2.45) is 11.8 Å². The van der Waals surface area contributed by atoms with Gasteiger partial charge in [0.2, 0.25) is 11.8 Å². The number of ether oxygens (including phenoxy) is 2. The van der Waals surface area contributed by atoms with Crippen LogP contribution in [0, 0.1) is 35.9 Å². The Labute approximate surface area is 316 Å². The molecule has 53 heavy (non-hydrogen) atoms. The van der Waals surface area contributed by atoms with Crippen molar-refractivity contribution in [1.29, 1.82) is 5.26 Å². The fraction of sp³-hybridized carbons (Fsp3) is 0.415. The van der Waals surface area contributed by atoms with E-state index in [1.54, 1.807) is 24.4 Å². The van der Waals surface area contributed by atoms with Crippen LogP contribution in [0.1, 0.15) is 66.7 Å². The maximum atomic E-state index is 17.2. The maximum absolute atomic E-state index is 17.2. The van der Waals surface area contributed by atoms with E-state index in [1.807, 2.05) is 24.0 Å². The first-order chi connectivity index (χ1) is 25.8. The Bertz CT molecular complexity index is 2390. The standard InChI is InChI=1S/C41H37Cl2FN6O3/c1-20-27-17-32(31-16-24(19-49(31)41(51)21-7-8-21)53-33-9-12-46-40-25(33)10-13-52-40)50(38-23-15-30(38)47-18-23)39(27)28-14-22(4-3-11-45)34(36(44)37(28)48-20)26-5-2-6-29(42)35(26)43/h2,5-6,9,12,14,17,21,23-24,30-31,38,47H,3-4,7-8,10,13,15-16,18-19H2,1H3. The molecule has 12 heteroatoms. The third kappa shape index (κ3) is 5.22. The minimum atomic E-state index is -0.484. The van der Waals surface area contributed by atoms with E-state index in [1.165, 1.54) is 0 Å². The third-order valence-corrected chi connectivity index (χ3v) is 12.9. The lowest BCUT2D eigenvalue weighted by Crippen LogP contribution is -2.41. The van der Waals surface area contributed by atoms with Crippen molar-refractivity contribution in [2.45, 2.75) is 76.1 Å². The fourth-order valence-electron chi connectivity index (χ4n) is 9.42. The van der Waals surface area contributed by atoms with Gasteiger partial charge in [0.05, 0.1) is 52.4 Å². The van der Waals surface area contributed by atoms with Crippen molar-refractivity contribution in [1.82, 2.24) is 24.8 Å². The summed E-state index contributed by atoms with van der Waals surface area (Å²) in [5.41, 5.74) is 5.34. The number of nitriles is 1. The summed E-state index contributed by atoms with van der Waals surface area (Å²) >= 11 is 13.1. The Hall–Kier alpha value is -4.43. The van der Waals surface area contributed by atoms with Crippen molar-refractivity contribution in [3.05, 3.63) is 81.0 Å². The molecule has 1 amide bonds. The van der Waals surface area contributed by atoms with E-state index in [-0.39, 0.29) is 53.0 Å². The van der Waals surface area contributed by atoms with E-state index < -0.39 is 5.82 Å². The molecule has 5 aromatic rings. The molecule has 2 aliphatic carbocycles. The monoisotopic (exact) mass is 750 g/mol. The quantitative estimate of drug-likeness (QED) is 0.171. The van der Waals surface area contributed by atoms with Gasteiger partial charge in [-0.1, -0.05) is 35.3 Å². The van der Waals surface area contributed by atoms with Crippen molar-refractivity contribution < 1.29 is 18.7 Å². The van der Waals surface area contributed by atoms with Crippen LogP contribution in [0.15, 0.2) is 42.6 Å². The summed E-state index contributed by atoms with van der Waals surface area (Å²) in [6.45, 7) is 3.89. The number of halogens is 3. The second-order valence-electron chi connectivity index (χ2n) is 15.2. The smallest absolute Gasteiger partial charge is 0.226 e. The van der Waals surface area contributed by atoms with Gasteiger partial charge in [-0.15, -0.1) is 0 Å². The Morgan fingerprint density at radius 2 is 2.06 bits per heavy atom. The first-order valence-electron chi connectivity index (χ1n) is 18.6. The molecule has 0 spiro atoms. The SMILES string of the molecule is Cc1nc2c(F)c(-c3cccc(Cl)c3Cl)c(CCC#N)cc2c2c1cc(C1CC(Oc3ccnc4c3CCO4)CN1C(=O)C1CC1)n2C1C2CNC1C2. The van der Waals surface area contributed by atoms with Crippen LogP contribution in [0.5, 0.6) is 11.6 Å². The molecule has 11 rings (SSSR count). The van der Waals surface area contributed by atoms with Crippen LogP contribution in [0.4, 0.5) is 4.39 Å². The highest BCUT2D eigenvalue weighted by molar-refractivity contribution is 6.43. The molecule has 1 N–H and O–H groups in total. The fourth-order valence-corrected chi connectivity index (χ4v) is 9.82. The van der Waals surface area contributed by atoms with Crippen molar-refractivity contribution >= 4 is 50.9 Å². The number of amides is 1. The molecule has 0 radical (unpaired) electrons. The molecule has 6 aliphatic rings. The van der Waals surface area contributed by atoms with Gasteiger partial charge in [-0.2, -0.15) is 5.26 Å². The molecule has 5 fully saturated rings. The minimum absolute atomic E-state index is 0.0342. The van der Waals surface area contributed by atoms with Gasteiger partial charge in [0.15, 0.2) is 5.82 Å². The highest BCUT2D eigenvalue weighted by Crippen LogP contribution is 2.51. The number of benzene rings is 2. The first kappa shape index (κ1) is 33.2. The van der Waals surface area contributed by atoms with Gasteiger partial charge in [-0.25, -0.2) is 14.4 Å². The molecule has 2 bridgehead atoms. The van der Waals surface area contributed by atoms with E-state index in [0.717, 1.165) is 60.1 Å². The van der Waals surface area contributed by atoms with Gasteiger partial charge in [-0.05, 0) is 68.4 Å². The highest BCUT2D eigenvalue weighted by atomic mass is 35.5. The van der Waals surface area contributed by atoms with Crippen molar-refractivity contribution in [3.8, 4) is 28.8 Å². The molecular formula is C41H37Cl2FN6O3. The number of hydrogen-bond donors (Lipinski definition) is 1. The summed E-state index contributed by atoms with van der Waals surface area (Å²) in [7, 11) is 0. The number of carbonyl (C=O) groups is 1. The summed E-state index contributed by atoms with van der Waals surface area (Å²) in [5.74, 6) is 1.51. The van der Waals surface area contributed by atoms with Crippen LogP contribution in [0.3, 0.4) is 0 Å². The number of carbonyl (C=O) groups excluding carboxylic acids is 1. The number of pyridine rings is 2. The van der Waals surface area contributed by atoms with Gasteiger partial charge in [0.25, 0.3) is 0 Å². The van der Waals surface area contributed by atoms with E-state index in [0.29, 0.717) is 70.6 Å². The predicted molar refractivity (Wildman–Crippen MR) is 200 cm³/mol. The van der Waals surface area contributed by atoms with Crippen molar-refractivity contribution in [3.63, 3.8) is 0 Å². The molecule has 4 aliphatic heterocycles. The number of aromatic nitrogens is 3. The third-order valence-electron chi connectivity index (χ3n) is 12.1. The van der Waals surface area contributed by atoms with E-state index in [4.69, 9.17) is 37.7 Å². The molecule has 2 saturated carbocycles. The zero-order valence-corrected chi connectivity index (χ0v) is 30.7. The molecule has 5 unspecified atom stereocenters. The Kier molecular flexibility index (Phi) is 7.87. The van der Waals surface area contributed by atoms with E-state index in [9.17, 15) is 10.1 Å². The molecule has 3 saturated heterocycles. The molecule has 3 aromatic heterocycles. The lowest BCUT2D eigenvalue weighted by atomic mass is 9.79. The van der Waals surface area contributed by atoms with Crippen LogP contribution in [-0.4, -0.2) is 57.2 Å². The zero-order valence-electron chi connectivity index (χ0n) is 29.2. The van der Waals surface area contributed by atoms with Gasteiger partial charge in [0, 0.05) is 77.3 Å². The summed E-state index contributed by atoms with van der Waals surface area (Å²) in [6, 6.07) is 13.7. The topological polar surface area (TPSA) is 105 Å². The van der Waals surface area contributed by atoms with E-state index >= 15 is 4.39 Å². The van der Waals surface area contributed by atoms with Crippen LogP contribution < -0.4 is 14.8 Å². The number of hydrogen-bond acceptors (Lipinski definition) is 7. The number of nitrogens with one attached hydrogen (secondary N) is 1. The molecular weight excluding hydrogens is 714 g/mol. The zero-order chi connectivity index (χ0) is 36.1. The molecule has 7 heterocycles. The molecule has 9 nitrogen and oxygen atoms in total. The second-order valence-corrected chi connectivity index (χ2v) is 16.0. The summed E-state index contributed by atoms with van der Waals surface area (Å²) < 4.78 is 32.1.